The molecule has 1 aromatic carbocycles. The largest absolute Gasteiger partial charge is 0.368 e. The molecule has 0 fully saturated rings. The van der Waals surface area contributed by atoms with Crippen molar-refractivity contribution in [2.75, 3.05) is 0 Å². The van der Waals surface area contributed by atoms with E-state index in [1.807, 2.05) is 0 Å². The smallest absolute Gasteiger partial charge is 0.218 e. The number of hydrogen-bond donors (Lipinski definition) is 3. The number of halogens is 1. The van der Waals surface area contributed by atoms with E-state index < -0.39 is 0 Å². The highest BCUT2D eigenvalue weighted by molar-refractivity contribution is 5.79. The van der Waals surface area contributed by atoms with Crippen LogP contribution in [0.15, 0.2) is 23.2 Å². The van der Waals surface area contributed by atoms with Gasteiger partial charge >= 0.3 is 0 Å². The standard InChI is InChI=1S/C8H10FN3O/c1-5-2-6(9)4-7(3-5)11-8(10)12-13/h2-4,13H,1H3,(H3,10,11,12). The summed E-state index contributed by atoms with van der Waals surface area (Å²) < 4.78 is 12.8. The zero-order valence-corrected chi connectivity index (χ0v) is 7.08. The number of nitrogens with two attached hydrogens (primary N) is 1. The Morgan fingerprint density at radius 2 is 2.23 bits per heavy atom. The van der Waals surface area contributed by atoms with Crippen LogP contribution in [0.2, 0.25) is 0 Å². The monoisotopic (exact) mass is 183 g/mol. The molecule has 0 radical (unpaired) electrons. The maximum Gasteiger partial charge on any atom is 0.218 e. The lowest BCUT2D eigenvalue weighted by Gasteiger charge is -1.99. The molecule has 0 unspecified atom stereocenters. The molecule has 0 spiro atoms. The van der Waals surface area contributed by atoms with Gasteiger partial charge in [0.25, 0.3) is 0 Å². The topological polar surface area (TPSA) is 70.6 Å². The third-order valence-corrected chi connectivity index (χ3v) is 1.39. The van der Waals surface area contributed by atoms with Gasteiger partial charge in [0.05, 0.1) is 5.69 Å². The van der Waals surface area contributed by atoms with Gasteiger partial charge in [-0.1, -0.05) is 0 Å². The maximum atomic E-state index is 12.8. The molecule has 0 amide bonds. The minimum Gasteiger partial charge on any atom is -0.368 e. The molecule has 0 atom stereocenters. The van der Waals surface area contributed by atoms with Gasteiger partial charge in [-0.25, -0.2) is 14.9 Å². The second-order valence-corrected chi connectivity index (χ2v) is 2.60. The molecule has 0 aromatic heterocycles. The zero-order chi connectivity index (χ0) is 9.84. The highest BCUT2D eigenvalue weighted by Gasteiger charge is 1.97. The molecule has 70 valence electrons. The van der Waals surface area contributed by atoms with Gasteiger partial charge in [0, 0.05) is 0 Å². The summed E-state index contributed by atoms with van der Waals surface area (Å²) in [6.07, 6.45) is 0. The van der Waals surface area contributed by atoms with Crippen LogP contribution in [-0.2, 0) is 0 Å². The SMILES string of the molecule is Cc1cc(F)cc(N=C(N)NO)c1. The van der Waals surface area contributed by atoms with Gasteiger partial charge in [-0.3, -0.25) is 5.21 Å². The van der Waals surface area contributed by atoms with Gasteiger partial charge in [-0.15, -0.1) is 0 Å². The molecule has 0 bridgehead atoms. The van der Waals surface area contributed by atoms with Crippen LogP contribution >= 0.6 is 0 Å². The van der Waals surface area contributed by atoms with Crippen LogP contribution in [0.1, 0.15) is 5.56 Å². The van der Waals surface area contributed by atoms with Crippen LogP contribution < -0.4 is 11.2 Å². The zero-order valence-electron chi connectivity index (χ0n) is 7.08. The van der Waals surface area contributed by atoms with Gasteiger partial charge in [0.15, 0.2) is 0 Å². The van der Waals surface area contributed by atoms with E-state index in [9.17, 15) is 4.39 Å². The average Bonchev–Trinajstić information content (AvgIpc) is 2.02. The number of nitrogens with one attached hydrogen (secondary N) is 1. The first kappa shape index (κ1) is 9.47. The summed E-state index contributed by atoms with van der Waals surface area (Å²) >= 11 is 0. The molecule has 5 heteroatoms. The Bertz CT molecular complexity index is 318. The molecule has 1 aromatic rings. The molecule has 0 saturated heterocycles. The van der Waals surface area contributed by atoms with Crippen molar-refractivity contribution in [2.45, 2.75) is 6.92 Å². The van der Waals surface area contributed by atoms with Gasteiger partial charge in [0.1, 0.15) is 5.82 Å². The fourth-order valence-corrected chi connectivity index (χ4v) is 0.946. The van der Waals surface area contributed by atoms with Crippen LogP contribution in [0.25, 0.3) is 0 Å². The number of aryl methyl sites for hydroxylation is 1. The number of hydrogen-bond acceptors (Lipinski definition) is 2. The predicted molar refractivity (Wildman–Crippen MR) is 47.3 cm³/mol. The Balaban J connectivity index is 3.02. The average molecular weight is 183 g/mol. The number of benzene rings is 1. The first-order chi connectivity index (χ1) is 6.11. The molecule has 0 aliphatic carbocycles. The van der Waals surface area contributed by atoms with E-state index in [0.717, 1.165) is 5.56 Å². The first-order valence-electron chi connectivity index (χ1n) is 3.63. The Morgan fingerprint density at radius 1 is 1.54 bits per heavy atom. The van der Waals surface area contributed by atoms with Crippen LogP contribution in [0.5, 0.6) is 0 Å². The van der Waals surface area contributed by atoms with Crippen molar-refractivity contribution in [3.8, 4) is 0 Å². The van der Waals surface area contributed by atoms with Gasteiger partial charge in [-0.2, -0.15) is 0 Å². The lowest BCUT2D eigenvalue weighted by molar-refractivity contribution is 0.233. The Labute approximate surface area is 74.9 Å². The Morgan fingerprint density at radius 3 is 2.77 bits per heavy atom. The van der Waals surface area contributed by atoms with Crippen molar-refractivity contribution in [1.82, 2.24) is 5.48 Å². The molecular weight excluding hydrogens is 173 g/mol. The van der Waals surface area contributed by atoms with Crippen LogP contribution in [0.4, 0.5) is 10.1 Å². The molecule has 4 N–H and O–H groups in total. The summed E-state index contributed by atoms with van der Waals surface area (Å²) in [5.74, 6) is -0.561. The Kier molecular flexibility index (Phi) is 2.81. The second-order valence-electron chi connectivity index (χ2n) is 2.60. The second kappa shape index (κ2) is 3.86. The lowest BCUT2D eigenvalue weighted by Crippen LogP contribution is -2.27. The van der Waals surface area contributed by atoms with Gasteiger partial charge < -0.3 is 5.73 Å². The predicted octanol–water partition coefficient (Wildman–Crippen LogP) is 1.06. The van der Waals surface area contributed by atoms with Crippen molar-refractivity contribution in [1.29, 1.82) is 0 Å². The fraction of sp³-hybridized carbons (Fsp3) is 0.125. The van der Waals surface area contributed by atoms with E-state index in [2.05, 4.69) is 4.99 Å². The highest BCUT2D eigenvalue weighted by Crippen LogP contribution is 2.15. The van der Waals surface area contributed by atoms with E-state index in [4.69, 9.17) is 10.9 Å². The van der Waals surface area contributed by atoms with Crippen molar-refractivity contribution in [3.05, 3.63) is 29.6 Å². The molecular formula is C8H10FN3O. The van der Waals surface area contributed by atoms with E-state index in [-0.39, 0.29) is 11.8 Å². The quantitative estimate of drug-likeness (QED) is 0.346. The van der Waals surface area contributed by atoms with E-state index in [0.29, 0.717) is 5.69 Å². The third kappa shape index (κ3) is 2.72. The van der Waals surface area contributed by atoms with Gasteiger partial charge in [0.2, 0.25) is 5.96 Å². The normalized spacial score (nSPS) is 11.5. The number of guanidine groups is 1. The fourth-order valence-electron chi connectivity index (χ4n) is 0.946. The van der Waals surface area contributed by atoms with Crippen molar-refractivity contribution >= 4 is 11.6 Å². The van der Waals surface area contributed by atoms with Crippen LogP contribution in [0.3, 0.4) is 0 Å². The van der Waals surface area contributed by atoms with Gasteiger partial charge in [-0.05, 0) is 30.7 Å². The summed E-state index contributed by atoms with van der Waals surface area (Å²) in [5.41, 5.74) is 7.93. The third-order valence-electron chi connectivity index (χ3n) is 1.39. The first-order valence-corrected chi connectivity index (χ1v) is 3.63. The maximum absolute atomic E-state index is 12.8. The molecule has 0 saturated carbocycles. The van der Waals surface area contributed by atoms with E-state index >= 15 is 0 Å². The number of rotatable bonds is 1. The molecule has 0 aliphatic heterocycles. The summed E-state index contributed by atoms with van der Waals surface area (Å²) in [5, 5.41) is 8.34. The minimum atomic E-state index is -0.385. The molecule has 13 heavy (non-hydrogen) atoms. The summed E-state index contributed by atoms with van der Waals surface area (Å²) in [4.78, 5) is 3.69. The molecule has 1 rings (SSSR count). The van der Waals surface area contributed by atoms with Crippen molar-refractivity contribution < 1.29 is 9.60 Å². The molecule has 0 aliphatic rings. The van der Waals surface area contributed by atoms with E-state index in [1.165, 1.54) is 12.1 Å². The van der Waals surface area contributed by atoms with Crippen LogP contribution in [0, 0.1) is 12.7 Å². The highest BCUT2D eigenvalue weighted by atomic mass is 19.1. The summed E-state index contributed by atoms with van der Waals surface area (Å²) in [7, 11) is 0. The molecule has 4 nitrogen and oxygen atoms in total. The summed E-state index contributed by atoms with van der Waals surface area (Å²) in [6.45, 7) is 1.74. The number of nitrogens with zero attached hydrogens (tertiary/aromatic N) is 1. The Hall–Kier alpha value is -1.62. The van der Waals surface area contributed by atoms with Crippen molar-refractivity contribution in [2.24, 2.45) is 10.7 Å². The minimum absolute atomic E-state index is 0.176. The van der Waals surface area contributed by atoms with E-state index in [1.54, 1.807) is 18.5 Å². The molecule has 0 heterocycles. The lowest BCUT2D eigenvalue weighted by atomic mass is 10.2. The van der Waals surface area contributed by atoms with Crippen molar-refractivity contribution in [3.63, 3.8) is 0 Å². The number of hydroxylamine groups is 1. The van der Waals surface area contributed by atoms with Crippen LogP contribution in [-0.4, -0.2) is 11.2 Å². The number of aliphatic imine (C=N–C) groups is 1. The summed E-state index contributed by atoms with van der Waals surface area (Å²) in [6, 6.07) is 4.24.